The first-order valence-electron chi connectivity index (χ1n) is 12.1. The number of aromatic nitrogens is 1. The first-order valence-corrected chi connectivity index (χ1v) is 12.1. The molecule has 0 fully saturated rings. The number of benzene rings is 3. The molecule has 182 valence electrons. The zero-order valence-electron chi connectivity index (χ0n) is 20.5. The molecule has 6 nitrogen and oxygen atoms in total. The number of nitrogens with zero attached hydrogens (tertiary/aromatic N) is 1. The molecule has 2 heterocycles. The summed E-state index contributed by atoms with van der Waals surface area (Å²) in [5, 5.41) is 4.05. The average Bonchev–Trinajstić information content (AvgIpc) is 3.24. The number of methoxy groups -OCH3 is 1. The highest BCUT2D eigenvalue weighted by Crippen LogP contribution is 2.25. The molecule has 0 radical (unpaired) electrons. The molecule has 6 heteroatoms. The fraction of sp³-hybridized carbons (Fsp3) is 0.200. The van der Waals surface area contributed by atoms with Crippen molar-refractivity contribution in [2.24, 2.45) is 0 Å². The Hall–Kier alpha value is -4.32. The summed E-state index contributed by atoms with van der Waals surface area (Å²) >= 11 is 0. The minimum Gasteiger partial charge on any atom is -0.497 e. The van der Waals surface area contributed by atoms with Gasteiger partial charge < -0.3 is 19.9 Å². The summed E-state index contributed by atoms with van der Waals surface area (Å²) < 4.78 is 5.24. The topological polar surface area (TPSA) is 74.4 Å². The van der Waals surface area contributed by atoms with E-state index in [2.05, 4.69) is 28.5 Å². The van der Waals surface area contributed by atoms with Gasteiger partial charge in [-0.25, -0.2) is 0 Å². The van der Waals surface area contributed by atoms with Crippen molar-refractivity contribution in [2.45, 2.75) is 25.3 Å². The number of aromatic amines is 1. The van der Waals surface area contributed by atoms with Crippen molar-refractivity contribution >= 4 is 34.5 Å². The van der Waals surface area contributed by atoms with Crippen LogP contribution in [-0.2, 0) is 28.9 Å². The van der Waals surface area contributed by atoms with E-state index in [9.17, 15) is 9.59 Å². The summed E-state index contributed by atoms with van der Waals surface area (Å²) in [4.78, 5) is 32.0. The van der Waals surface area contributed by atoms with Crippen LogP contribution in [0.25, 0.3) is 17.0 Å². The van der Waals surface area contributed by atoms with Crippen molar-refractivity contribution in [3.05, 3.63) is 101 Å². The lowest BCUT2D eigenvalue weighted by molar-refractivity contribution is -0.127. The van der Waals surface area contributed by atoms with E-state index in [0.717, 1.165) is 51.1 Å². The molecule has 2 N–H and O–H groups in total. The number of amides is 2. The molecule has 5 rings (SSSR count). The summed E-state index contributed by atoms with van der Waals surface area (Å²) in [6, 6.07) is 22.8. The fourth-order valence-corrected chi connectivity index (χ4v) is 4.76. The predicted octanol–water partition coefficient (Wildman–Crippen LogP) is 4.68. The van der Waals surface area contributed by atoms with E-state index in [1.807, 2.05) is 66.7 Å². The number of anilines is 1. The van der Waals surface area contributed by atoms with Crippen LogP contribution in [0.5, 0.6) is 5.75 Å². The van der Waals surface area contributed by atoms with Gasteiger partial charge in [-0.2, -0.15) is 0 Å². The monoisotopic (exact) mass is 479 g/mol. The normalized spacial score (nSPS) is 16.6. The highest BCUT2D eigenvalue weighted by Gasteiger charge is 2.26. The SMILES string of the molecule is COc1ccc(N(C)C(=O)[C@@H]2Cc3cccc(c3)C/C=C/c3[nH]c4ccccc4c3CC(=O)N2)cc1. The molecule has 0 saturated carbocycles. The Morgan fingerprint density at radius 2 is 1.78 bits per heavy atom. The number of para-hydroxylation sites is 1. The third kappa shape index (κ3) is 4.89. The van der Waals surface area contributed by atoms with Crippen molar-refractivity contribution in [3.63, 3.8) is 0 Å². The number of ether oxygens (including phenoxy) is 1. The van der Waals surface area contributed by atoms with Gasteiger partial charge in [0.15, 0.2) is 0 Å². The summed E-state index contributed by atoms with van der Waals surface area (Å²) in [5.41, 5.74) is 5.73. The minimum absolute atomic E-state index is 0.175. The molecule has 36 heavy (non-hydrogen) atoms. The number of hydrogen-bond acceptors (Lipinski definition) is 3. The molecule has 1 atom stereocenters. The van der Waals surface area contributed by atoms with Gasteiger partial charge in [-0.3, -0.25) is 9.59 Å². The second-order valence-corrected chi connectivity index (χ2v) is 9.09. The van der Waals surface area contributed by atoms with Gasteiger partial charge in [-0.1, -0.05) is 48.5 Å². The highest BCUT2D eigenvalue weighted by molar-refractivity contribution is 6.00. The van der Waals surface area contributed by atoms with Crippen LogP contribution >= 0.6 is 0 Å². The van der Waals surface area contributed by atoms with E-state index in [0.29, 0.717) is 6.42 Å². The van der Waals surface area contributed by atoms with Crippen molar-refractivity contribution in [1.82, 2.24) is 10.3 Å². The number of carbonyl (C=O) groups excluding carboxylic acids is 2. The van der Waals surface area contributed by atoms with Gasteiger partial charge in [0, 0.05) is 35.8 Å². The molecule has 1 aliphatic rings. The summed E-state index contributed by atoms with van der Waals surface area (Å²) in [7, 11) is 3.34. The van der Waals surface area contributed by atoms with Crippen LogP contribution in [0.4, 0.5) is 5.69 Å². The third-order valence-corrected chi connectivity index (χ3v) is 6.68. The van der Waals surface area contributed by atoms with Crippen LogP contribution in [0.3, 0.4) is 0 Å². The Kier molecular flexibility index (Phi) is 6.58. The first kappa shape index (κ1) is 23.4. The van der Waals surface area contributed by atoms with E-state index in [1.165, 1.54) is 0 Å². The molecular weight excluding hydrogens is 450 g/mol. The van der Waals surface area contributed by atoms with Gasteiger partial charge in [0.05, 0.1) is 13.5 Å². The lowest BCUT2D eigenvalue weighted by Crippen LogP contribution is -2.49. The Bertz CT molecular complexity index is 1440. The van der Waals surface area contributed by atoms with Crippen LogP contribution in [0.2, 0.25) is 0 Å². The third-order valence-electron chi connectivity index (χ3n) is 6.68. The highest BCUT2D eigenvalue weighted by atomic mass is 16.5. The van der Waals surface area contributed by atoms with Crippen molar-refractivity contribution < 1.29 is 14.3 Å². The summed E-state index contributed by atoms with van der Waals surface area (Å²) in [6.07, 6.45) is 5.51. The van der Waals surface area contributed by atoms with Gasteiger partial charge in [0.25, 0.3) is 0 Å². The second kappa shape index (κ2) is 10.1. The number of likely N-dealkylation sites (N-methyl/N-ethyl adjacent to an activating group) is 1. The van der Waals surface area contributed by atoms with E-state index in [1.54, 1.807) is 19.1 Å². The van der Waals surface area contributed by atoms with Gasteiger partial charge in [-0.15, -0.1) is 0 Å². The number of rotatable bonds is 3. The first-order chi connectivity index (χ1) is 17.5. The smallest absolute Gasteiger partial charge is 0.249 e. The zero-order valence-corrected chi connectivity index (χ0v) is 20.5. The second-order valence-electron chi connectivity index (χ2n) is 9.09. The number of fused-ring (bicyclic) bond motifs is 5. The van der Waals surface area contributed by atoms with Gasteiger partial charge in [-0.05, 0) is 59.5 Å². The molecule has 0 saturated heterocycles. The van der Waals surface area contributed by atoms with E-state index in [4.69, 9.17) is 4.74 Å². The largest absolute Gasteiger partial charge is 0.497 e. The van der Waals surface area contributed by atoms with E-state index in [-0.39, 0.29) is 18.2 Å². The van der Waals surface area contributed by atoms with Crippen LogP contribution in [0, 0.1) is 0 Å². The molecule has 0 unspecified atom stereocenters. The molecule has 4 aromatic rings. The molecular formula is C30H29N3O3. The number of carbonyl (C=O) groups is 2. The zero-order chi connectivity index (χ0) is 25.1. The minimum atomic E-state index is -0.706. The molecule has 0 spiro atoms. The molecule has 3 aromatic carbocycles. The Balaban J connectivity index is 1.50. The fourth-order valence-electron chi connectivity index (χ4n) is 4.76. The molecule has 2 bridgehead atoms. The maximum absolute atomic E-state index is 13.6. The van der Waals surface area contributed by atoms with Gasteiger partial charge >= 0.3 is 0 Å². The predicted molar refractivity (Wildman–Crippen MR) is 143 cm³/mol. The maximum Gasteiger partial charge on any atom is 0.249 e. The molecule has 1 aromatic heterocycles. The van der Waals surface area contributed by atoms with Crippen LogP contribution < -0.4 is 15.0 Å². The lowest BCUT2D eigenvalue weighted by atomic mass is 10.0. The van der Waals surface area contributed by atoms with Crippen molar-refractivity contribution in [1.29, 1.82) is 0 Å². The maximum atomic E-state index is 13.6. The van der Waals surface area contributed by atoms with Crippen LogP contribution in [0.1, 0.15) is 22.4 Å². The summed E-state index contributed by atoms with van der Waals surface area (Å²) in [5.74, 6) is 0.354. The number of H-pyrrole nitrogens is 1. The molecule has 1 aliphatic heterocycles. The van der Waals surface area contributed by atoms with Crippen LogP contribution in [0.15, 0.2) is 78.9 Å². The molecule has 2 amide bonds. The quantitative estimate of drug-likeness (QED) is 0.448. The number of nitrogens with one attached hydrogen (secondary N) is 2. The van der Waals surface area contributed by atoms with Gasteiger partial charge in [0.2, 0.25) is 11.8 Å². The Labute approximate surface area is 210 Å². The lowest BCUT2D eigenvalue weighted by Gasteiger charge is -2.25. The van der Waals surface area contributed by atoms with Crippen molar-refractivity contribution in [3.8, 4) is 5.75 Å². The Morgan fingerprint density at radius 1 is 1.00 bits per heavy atom. The number of hydrogen-bond donors (Lipinski definition) is 2. The Morgan fingerprint density at radius 3 is 2.58 bits per heavy atom. The summed E-state index contributed by atoms with van der Waals surface area (Å²) in [6.45, 7) is 0. The molecule has 0 aliphatic carbocycles. The van der Waals surface area contributed by atoms with Gasteiger partial charge in [0.1, 0.15) is 11.8 Å². The average molecular weight is 480 g/mol. The standard InChI is InChI=1S/C30H29N3O3/c1-33(22-13-15-23(36-2)16-14-22)30(35)28-18-21-9-5-7-20(17-21)8-6-12-27-25(19-29(34)32-28)24-10-3-4-11-26(24)31-27/h3-7,9-17,28,31H,8,18-19H2,1-2H3,(H,32,34)/b12-6+/t28-/m0/s1. The van der Waals surface area contributed by atoms with E-state index >= 15 is 0 Å². The van der Waals surface area contributed by atoms with Crippen LogP contribution in [-0.4, -0.2) is 37.0 Å². The number of allylic oxidation sites excluding steroid dienone is 1. The van der Waals surface area contributed by atoms with E-state index < -0.39 is 6.04 Å². The van der Waals surface area contributed by atoms with Crippen molar-refractivity contribution in [2.75, 3.05) is 19.1 Å².